The zero-order chi connectivity index (χ0) is 13.5. The molecule has 1 aromatic carbocycles. The van der Waals surface area contributed by atoms with Crippen LogP contribution in [0.2, 0.25) is 0 Å². The molecule has 0 aliphatic carbocycles. The first-order valence-corrected chi connectivity index (χ1v) is 6.60. The normalized spacial score (nSPS) is 16.6. The molecule has 1 aliphatic rings. The summed E-state index contributed by atoms with van der Waals surface area (Å²) in [6.07, 6.45) is 2.42. The van der Waals surface area contributed by atoms with E-state index in [1.165, 1.54) is 0 Å². The molecule has 18 heavy (non-hydrogen) atoms. The van der Waals surface area contributed by atoms with Gasteiger partial charge in [0.15, 0.2) is 0 Å². The molecule has 1 heterocycles. The van der Waals surface area contributed by atoms with Crippen LogP contribution in [0.5, 0.6) is 11.5 Å². The van der Waals surface area contributed by atoms with Gasteiger partial charge in [0, 0.05) is 13.1 Å². The van der Waals surface area contributed by atoms with Gasteiger partial charge in [0.1, 0.15) is 18.1 Å². The van der Waals surface area contributed by atoms with Crippen molar-refractivity contribution in [2.24, 2.45) is 5.92 Å². The van der Waals surface area contributed by atoms with Crippen molar-refractivity contribution in [1.29, 1.82) is 0 Å². The zero-order valence-electron chi connectivity index (χ0n) is 10.9. The Hall–Kier alpha value is -1.36. The van der Waals surface area contributed by atoms with E-state index in [2.05, 4.69) is 17.9 Å². The molecule has 0 saturated carbocycles. The van der Waals surface area contributed by atoms with E-state index in [9.17, 15) is 4.79 Å². The number of thiol groups is 1. The van der Waals surface area contributed by atoms with Gasteiger partial charge in [-0.2, -0.15) is 12.6 Å². The lowest BCUT2D eigenvalue weighted by Gasteiger charge is -2.24. The highest BCUT2D eigenvalue weighted by Crippen LogP contribution is 2.30. The van der Waals surface area contributed by atoms with Gasteiger partial charge in [-0.05, 0) is 24.3 Å². The largest absolute Gasteiger partial charge is 0.497 e. The lowest BCUT2D eigenvalue weighted by atomic mass is 9.96. The van der Waals surface area contributed by atoms with E-state index >= 15 is 0 Å². The summed E-state index contributed by atoms with van der Waals surface area (Å²) in [6.45, 7) is 0.430. The van der Waals surface area contributed by atoms with Crippen LogP contribution in [0, 0.1) is 5.92 Å². The maximum Gasteiger partial charge on any atom is 0.226 e. The van der Waals surface area contributed by atoms with Crippen LogP contribution in [0.15, 0.2) is 18.2 Å². The molecule has 1 N–H and O–H groups in total. The molecular formula is C13H19NO3S. The third-order valence-electron chi connectivity index (χ3n) is 2.80. The fourth-order valence-corrected chi connectivity index (χ4v) is 1.85. The minimum atomic E-state index is -0.0918. The summed E-state index contributed by atoms with van der Waals surface area (Å²) < 4.78 is 10.7. The summed E-state index contributed by atoms with van der Waals surface area (Å²) in [5.74, 6) is 1.53. The Morgan fingerprint density at radius 1 is 1.50 bits per heavy atom. The van der Waals surface area contributed by atoms with Crippen LogP contribution < -0.4 is 14.8 Å². The summed E-state index contributed by atoms with van der Waals surface area (Å²) in [4.78, 5) is 11.5. The molecule has 1 aliphatic heterocycles. The predicted molar refractivity (Wildman–Crippen MR) is 74.7 cm³/mol. The Morgan fingerprint density at radius 2 is 2.22 bits per heavy atom. The highest BCUT2D eigenvalue weighted by molar-refractivity contribution is 7.79. The van der Waals surface area contributed by atoms with Gasteiger partial charge in [-0.1, -0.05) is 6.07 Å². The predicted octanol–water partition coefficient (Wildman–Crippen LogP) is 1.54. The van der Waals surface area contributed by atoms with Crippen molar-refractivity contribution >= 4 is 18.5 Å². The Kier molecular flexibility index (Phi) is 5.85. The molecule has 0 fully saturated rings. The lowest BCUT2D eigenvalue weighted by molar-refractivity contribution is -0.125. The highest BCUT2D eigenvalue weighted by atomic mass is 32.1. The summed E-state index contributed by atoms with van der Waals surface area (Å²) >= 11 is 3.53. The summed E-state index contributed by atoms with van der Waals surface area (Å²) in [5.41, 5.74) is 1.06. The van der Waals surface area contributed by atoms with Gasteiger partial charge in [0.25, 0.3) is 0 Å². The summed E-state index contributed by atoms with van der Waals surface area (Å²) in [5, 5.41) is 2.64. The molecule has 100 valence electrons. The van der Waals surface area contributed by atoms with Crippen molar-refractivity contribution in [3.8, 4) is 11.5 Å². The molecule has 4 nitrogen and oxygen atoms in total. The number of ether oxygens (including phenoxy) is 2. The van der Waals surface area contributed by atoms with E-state index in [1.807, 2.05) is 18.2 Å². The number of benzene rings is 1. The highest BCUT2D eigenvalue weighted by Gasteiger charge is 2.25. The van der Waals surface area contributed by atoms with Crippen LogP contribution in [0.3, 0.4) is 0 Å². The zero-order valence-corrected chi connectivity index (χ0v) is 11.8. The molecule has 1 aromatic rings. The Morgan fingerprint density at radius 3 is 2.83 bits per heavy atom. The molecule has 2 rings (SSSR count). The maximum absolute atomic E-state index is 11.5. The van der Waals surface area contributed by atoms with Gasteiger partial charge < -0.3 is 14.8 Å². The lowest BCUT2D eigenvalue weighted by Crippen LogP contribution is -2.35. The van der Waals surface area contributed by atoms with Gasteiger partial charge in [-0.25, -0.2) is 0 Å². The molecule has 0 aromatic heterocycles. The first-order chi connectivity index (χ1) is 8.74. The van der Waals surface area contributed by atoms with E-state index in [0.717, 1.165) is 23.5 Å². The second-order valence-corrected chi connectivity index (χ2v) is 3.80. The van der Waals surface area contributed by atoms with Gasteiger partial charge in [-0.15, -0.1) is 0 Å². The number of methoxy groups -OCH3 is 1. The molecule has 1 atom stereocenters. The first-order valence-electron chi connectivity index (χ1n) is 5.70. The van der Waals surface area contributed by atoms with Crippen LogP contribution in [0.4, 0.5) is 0 Å². The van der Waals surface area contributed by atoms with Crippen LogP contribution in [0.1, 0.15) is 5.56 Å². The van der Waals surface area contributed by atoms with Crippen LogP contribution in [0.25, 0.3) is 0 Å². The number of carbonyl (C=O) groups excluding carboxylic acids is 1. The van der Waals surface area contributed by atoms with E-state index in [0.29, 0.717) is 6.61 Å². The summed E-state index contributed by atoms with van der Waals surface area (Å²) in [6, 6.07) is 5.69. The molecule has 1 unspecified atom stereocenters. The average molecular weight is 269 g/mol. The molecule has 5 heteroatoms. The van der Waals surface area contributed by atoms with Crippen LogP contribution in [-0.4, -0.2) is 32.9 Å². The fraction of sp³-hybridized carbons (Fsp3) is 0.462. The van der Waals surface area contributed by atoms with Crippen molar-refractivity contribution in [1.82, 2.24) is 5.32 Å². The SMILES string of the molecule is CNC(=O)C1COc2cc(OC)ccc2C1.CS. The number of hydrogen-bond donors (Lipinski definition) is 2. The first kappa shape index (κ1) is 14.7. The van der Waals surface area contributed by atoms with E-state index < -0.39 is 0 Å². The number of amides is 1. The average Bonchev–Trinajstić information content (AvgIpc) is 2.47. The van der Waals surface area contributed by atoms with Gasteiger partial charge in [0.05, 0.1) is 13.0 Å². The van der Waals surface area contributed by atoms with E-state index in [-0.39, 0.29) is 11.8 Å². The molecule has 0 saturated heterocycles. The van der Waals surface area contributed by atoms with Crippen molar-refractivity contribution in [2.45, 2.75) is 6.42 Å². The second-order valence-electron chi connectivity index (χ2n) is 3.80. The van der Waals surface area contributed by atoms with Crippen molar-refractivity contribution < 1.29 is 14.3 Å². The molecule has 0 spiro atoms. The number of hydrogen-bond acceptors (Lipinski definition) is 4. The third-order valence-corrected chi connectivity index (χ3v) is 2.80. The van der Waals surface area contributed by atoms with Crippen LogP contribution in [-0.2, 0) is 11.2 Å². The number of fused-ring (bicyclic) bond motifs is 1. The number of carbonyl (C=O) groups is 1. The smallest absolute Gasteiger partial charge is 0.226 e. The number of nitrogens with one attached hydrogen (secondary N) is 1. The minimum absolute atomic E-state index is 0.0291. The Balaban J connectivity index is 0.000000771. The van der Waals surface area contributed by atoms with Crippen LogP contribution >= 0.6 is 12.6 Å². The number of rotatable bonds is 2. The third kappa shape index (κ3) is 3.32. The topological polar surface area (TPSA) is 47.6 Å². The second kappa shape index (κ2) is 7.16. The Bertz CT molecular complexity index is 409. The molecule has 0 radical (unpaired) electrons. The van der Waals surface area contributed by atoms with Gasteiger partial charge >= 0.3 is 0 Å². The Labute approximate surface area is 113 Å². The summed E-state index contributed by atoms with van der Waals surface area (Å²) in [7, 11) is 3.27. The standard InChI is InChI=1S/C12H15NO3.CH4S/c1-13-12(14)9-5-8-3-4-10(15-2)6-11(8)16-7-9;1-2/h3-4,6,9H,5,7H2,1-2H3,(H,13,14);2H,1H3. The quantitative estimate of drug-likeness (QED) is 0.801. The minimum Gasteiger partial charge on any atom is -0.497 e. The molecule has 0 bridgehead atoms. The fourth-order valence-electron chi connectivity index (χ4n) is 1.85. The van der Waals surface area contributed by atoms with Gasteiger partial charge in [0.2, 0.25) is 5.91 Å². The van der Waals surface area contributed by atoms with E-state index in [1.54, 1.807) is 20.4 Å². The molecule has 1 amide bonds. The maximum atomic E-state index is 11.5. The van der Waals surface area contributed by atoms with E-state index in [4.69, 9.17) is 9.47 Å². The molecular weight excluding hydrogens is 250 g/mol. The van der Waals surface area contributed by atoms with Crippen molar-refractivity contribution in [3.63, 3.8) is 0 Å². The monoisotopic (exact) mass is 269 g/mol. The van der Waals surface area contributed by atoms with Crippen molar-refractivity contribution in [2.75, 3.05) is 27.0 Å². The van der Waals surface area contributed by atoms with Crippen molar-refractivity contribution in [3.05, 3.63) is 23.8 Å². The van der Waals surface area contributed by atoms with Gasteiger partial charge in [-0.3, -0.25) is 4.79 Å².